The van der Waals surface area contributed by atoms with Gasteiger partial charge in [-0.1, -0.05) is 30.3 Å². The molecular weight excluding hydrogens is 278 g/mol. The average molecular weight is 295 g/mol. The first-order chi connectivity index (χ1) is 10.7. The van der Waals surface area contributed by atoms with Crippen LogP contribution in [0.5, 0.6) is 0 Å². The predicted octanol–water partition coefficient (Wildman–Crippen LogP) is 3.67. The number of nitrogens with one attached hydrogen (secondary N) is 1. The topological polar surface area (TPSA) is 55.4 Å². The van der Waals surface area contributed by atoms with Gasteiger partial charge in [0, 0.05) is 23.5 Å². The van der Waals surface area contributed by atoms with Gasteiger partial charge in [0.1, 0.15) is 0 Å². The van der Waals surface area contributed by atoms with Gasteiger partial charge in [-0.25, -0.2) is 4.79 Å². The lowest BCUT2D eigenvalue weighted by Crippen LogP contribution is -2.04. The number of hydrogen-bond donors (Lipinski definition) is 1. The first kappa shape index (κ1) is 15.5. The average Bonchev–Trinajstić information content (AvgIpc) is 2.56. The van der Waals surface area contributed by atoms with Crippen LogP contribution < -0.4 is 5.32 Å². The third kappa shape index (κ3) is 4.31. The van der Waals surface area contributed by atoms with E-state index in [1.807, 2.05) is 18.2 Å². The molecule has 112 valence electrons. The first-order valence-electron chi connectivity index (χ1n) is 7.00. The highest BCUT2D eigenvalue weighted by Gasteiger charge is 2.05. The molecule has 0 atom stereocenters. The Hall–Kier alpha value is -2.88. The Bertz CT molecular complexity index is 660. The number of rotatable bonds is 6. The van der Waals surface area contributed by atoms with Crippen LogP contribution in [-0.4, -0.2) is 18.4 Å². The third-order valence-electron chi connectivity index (χ3n) is 2.94. The van der Waals surface area contributed by atoms with E-state index in [0.717, 1.165) is 5.69 Å². The van der Waals surface area contributed by atoms with Gasteiger partial charge in [0.2, 0.25) is 0 Å². The highest BCUT2D eigenvalue weighted by Crippen LogP contribution is 2.11. The SMILES string of the molecule is CCOC(=O)c1ccc(NC=CC(=O)c2ccccc2)cc1. The van der Waals surface area contributed by atoms with Crippen LogP contribution in [0, 0.1) is 0 Å². The Morgan fingerprint density at radius 3 is 2.32 bits per heavy atom. The van der Waals surface area contributed by atoms with Gasteiger partial charge in [0.15, 0.2) is 5.78 Å². The van der Waals surface area contributed by atoms with E-state index in [-0.39, 0.29) is 11.8 Å². The Morgan fingerprint density at radius 1 is 1.00 bits per heavy atom. The zero-order chi connectivity index (χ0) is 15.8. The zero-order valence-electron chi connectivity index (χ0n) is 12.3. The summed E-state index contributed by atoms with van der Waals surface area (Å²) in [6.07, 6.45) is 3.04. The summed E-state index contributed by atoms with van der Waals surface area (Å²) >= 11 is 0. The number of allylic oxidation sites excluding steroid dienone is 1. The van der Waals surface area contributed by atoms with E-state index in [2.05, 4.69) is 5.32 Å². The molecular formula is C18H17NO3. The highest BCUT2D eigenvalue weighted by atomic mass is 16.5. The van der Waals surface area contributed by atoms with E-state index in [0.29, 0.717) is 17.7 Å². The van der Waals surface area contributed by atoms with Gasteiger partial charge in [0.25, 0.3) is 0 Å². The molecule has 0 aliphatic heterocycles. The lowest BCUT2D eigenvalue weighted by atomic mass is 10.1. The van der Waals surface area contributed by atoms with E-state index >= 15 is 0 Å². The molecule has 0 radical (unpaired) electrons. The van der Waals surface area contributed by atoms with Crippen molar-refractivity contribution in [3.63, 3.8) is 0 Å². The summed E-state index contributed by atoms with van der Waals surface area (Å²) < 4.78 is 4.91. The van der Waals surface area contributed by atoms with Gasteiger partial charge < -0.3 is 10.1 Å². The summed E-state index contributed by atoms with van der Waals surface area (Å²) in [7, 11) is 0. The van der Waals surface area contributed by atoms with Crippen LogP contribution in [-0.2, 0) is 4.74 Å². The quantitative estimate of drug-likeness (QED) is 0.502. The fourth-order valence-corrected chi connectivity index (χ4v) is 1.83. The molecule has 0 fully saturated rings. The van der Waals surface area contributed by atoms with Gasteiger partial charge in [-0.3, -0.25) is 4.79 Å². The van der Waals surface area contributed by atoms with E-state index in [4.69, 9.17) is 4.74 Å². The molecule has 0 spiro atoms. The number of ketones is 1. The predicted molar refractivity (Wildman–Crippen MR) is 85.9 cm³/mol. The molecule has 22 heavy (non-hydrogen) atoms. The van der Waals surface area contributed by atoms with Crippen molar-refractivity contribution in [1.82, 2.24) is 0 Å². The zero-order valence-corrected chi connectivity index (χ0v) is 12.3. The molecule has 0 heterocycles. The molecule has 0 amide bonds. The van der Waals surface area contributed by atoms with Crippen molar-refractivity contribution in [3.8, 4) is 0 Å². The fraction of sp³-hybridized carbons (Fsp3) is 0.111. The maximum atomic E-state index is 11.9. The van der Waals surface area contributed by atoms with Gasteiger partial charge in [-0.15, -0.1) is 0 Å². The van der Waals surface area contributed by atoms with Crippen LogP contribution in [0.25, 0.3) is 0 Å². The molecule has 2 rings (SSSR count). The standard InChI is InChI=1S/C18H17NO3/c1-2-22-18(21)15-8-10-16(11-9-15)19-13-12-17(20)14-6-4-3-5-7-14/h3-13,19H,2H2,1H3. The number of benzene rings is 2. The number of carbonyl (C=O) groups excluding carboxylic acids is 2. The van der Waals surface area contributed by atoms with Crippen molar-refractivity contribution in [3.05, 3.63) is 78.0 Å². The molecule has 0 saturated carbocycles. The van der Waals surface area contributed by atoms with E-state index in [1.165, 1.54) is 6.08 Å². The summed E-state index contributed by atoms with van der Waals surface area (Å²) in [6.45, 7) is 2.12. The summed E-state index contributed by atoms with van der Waals surface area (Å²) in [6, 6.07) is 15.9. The van der Waals surface area contributed by atoms with E-state index in [9.17, 15) is 9.59 Å². The van der Waals surface area contributed by atoms with Crippen LogP contribution in [0.2, 0.25) is 0 Å². The minimum Gasteiger partial charge on any atom is -0.462 e. The second-order valence-electron chi connectivity index (χ2n) is 4.51. The van der Waals surface area contributed by atoms with Crippen molar-refractivity contribution in [2.75, 3.05) is 11.9 Å². The molecule has 0 aliphatic rings. The Balaban J connectivity index is 1.93. The van der Waals surface area contributed by atoms with Crippen molar-refractivity contribution in [1.29, 1.82) is 0 Å². The van der Waals surface area contributed by atoms with Crippen molar-refractivity contribution in [2.24, 2.45) is 0 Å². The molecule has 0 aliphatic carbocycles. The Morgan fingerprint density at radius 2 is 1.68 bits per heavy atom. The van der Waals surface area contributed by atoms with E-state index in [1.54, 1.807) is 49.5 Å². The maximum absolute atomic E-state index is 11.9. The molecule has 4 nitrogen and oxygen atoms in total. The van der Waals surface area contributed by atoms with E-state index < -0.39 is 0 Å². The molecule has 2 aromatic rings. The number of carbonyl (C=O) groups is 2. The Kier molecular flexibility index (Phi) is 5.49. The smallest absolute Gasteiger partial charge is 0.338 e. The minimum absolute atomic E-state index is 0.0729. The number of esters is 1. The fourth-order valence-electron chi connectivity index (χ4n) is 1.83. The molecule has 4 heteroatoms. The first-order valence-corrected chi connectivity index (χ1v) is 7.00. The van der Waals surface area contributed by atoms with Crippen LogP contribution >= 0.6 is 0 Å². The monoisotopic (exact) mass is 295 g/mol. The molecule has 0 aromatic heterocycles. The largest absolute Gasteiger partial charge is 0.462 e. The summed E-state index contributed by atoms with van der Waals surface area (Å²) in [5.74, 6) is -0.417. The number of hydrogen-bond acceptors (Lipinski definition) is 4. The number of ether oxygens (including phenoxy) is 1. The minimum atomic E-state index is -0.344. The molecule has 0 bridgehead atoms. The summed E-state index contributed by atoms with van der Waals surface area (Å²) in [5.41, 5.74) is 1.92. The lowest BCUT2D eigenvalue weighted by Gasteiger charge is -2.04. The van der Waals surface area contributed by atoms with Gasteiger partial charge in [0.05, 0.1) is 12.2 Å². The van der Waals surface area contributed by atoms with Gasteiger partial charge in [-0.05, 0) is 31.2 Å². The van der Waals surface area contributed by atoms with Gasteiger partial charge in [-0.2, -0.15) is 0 Å². The second kappa shape index (κ2) is 7.78. The van der Waals surface area contributed by atoms with Crippen LogP contribution in [0.15, 0.2) is 66.9 Å². The van der Waals surface area contributed by atoms with Crippen LogP contribution in [0.3, 0.4) is 0 Å². The maximum Gasteiger partial charge on any atom is 0.338 e. The van der Waals surface area contributed by atoms with Crippen molar-refractivity contribution >= 4 is 17.4 Å². The molecule has 0 unspecified atom stereocenters. The highest BCUT2D eigenvalue weighted by molar-refractivity contribution is 6.04. The number of anilines is 1. The lowest BCUT2D eigenvalue weighted by molar-refractivity contribution is 0.0526. The molecule has 1 N–H and O–H groups in total. The second-order valence-corrected chi connectivity index (χ2v) is 4.51. The Labute approximate surface area is 129 Å². The summed E-state index contributed by atoms with van der Waals surface area (Å²) in [4.78, 5) is 23.4. The van der Waals surface area contributed by atoms with Crippen LogP contribution in [0.4, 0.5) is 5.69 Å². The molecule has 0 saturated heterocycles. The summed E-state index contributed by atoms with van der Waals surface area (Å²) in [5, 5.41) is 2.99. The van der Waals surface area contributed by atoms with Crippen molar-refractivity contribution < 1.29 is 14.3 Å². The van der Waals surface area contributed by atoms with Crippen LogP contribution in [0.1, 0.15) is 27.6 Å². The molecule has 2 aromatic carbocycles. The van der Waals surface area contributed by atoms with Crippen molar-refractivity contribution in [2.45, 2.75) is 6.92 Å². The normalized spacial score (nSPS) is 10.4. The van der Waals surface area contributed by atoms with Gasteiger partial charge >= 0.3 is 5.97 Å². The third-order valence-corrected chi connectivity index (χ3v) is 2.94.